The first-order valence-corrected chi connectivity index (χ1v) is 9.22. The van der Waals surface area contributed by atoms with Crippen LogP contribution in [0, 0.1) is 0 Å². The fourth-order valence-electron chi connectivity index (χ4n) is 3.44. The van der Waals surface area contributed by atoms with Crippen molar-refractivity contribution in [2.75, 3.05) is 5.32 Å². The number of rotatable bonds is 4. The predicted octanol–water partition coefficient (Wildman–Crippen LogP) is 2.53. The molecule has 2 aromatic heterocycles. The number of hydrogen-bond acceptors (Lipinski definition) is 6. The molecule has 3 heterocycles. The fraction of sp³-hybridized carbons (Fsp3) is 0.238. The van der Waals surface area contributed by atoms with E-state index >= 15 is 0 Å². The number of anilines is 1. The molecule has 8 heteroatoms. The maximum Gasteiger partial charge on any atom is 0.260 e. The molecule has 3 N–H and O–H groups in total. The average molecular weight is 390 g/mol. The molecule has 29 heavy (non-hydrogen) atoms. The van der Waals surface area contributed by atoms with Gasteiger partial charge in [-0.3, -0.25) is 4.79 Å². The maximum absolute atomic E-state index is 13.0. The lowest BCUT2D eigenvalue weighted by Crippen LogP contribution is -2.24. The highest BCUT2D eigenvalue weighted by atomic mass is 16.5. The molecule has 0 unspecified atom stereocenters. The number of benzene rings is 1. The minimum absolute atomic E-state index is 0.188. The minimum Gasteiger partial charge on any atom is -0.487 e. The van der Waals surface area contributed by atoms with E-state index in [9.17, 15) is 4.79 Å². The largest absolute Gasteiger partial charge is 0.487 e. The normalized spacial score (nSPS) is 14.9. The van der Waals surface area contributed by atoms with Crippen LogP contribution in [0.3, 0.4) is 0 Å². The Morgan fingerprint density at radius 3 is 2.66 bits per heavy atom. The molecule has 3 aromatic rings. The first kappa shape index (κ1) is 18.7. The van der Waals surface area contributed by atoms with E-state index < -0.39 is 5.91 Å². The van der Waals surface area contributed by atoms with Crippen molar-refractivity contribution >= 4 is 17.2 Å². The van der Waals surface area contributed by atoms with Gasteiger partial charge in [0, 0.05) is 55.6 Å². The molecule has 148 valence electrons. The maximum atomic E-state index is 13.0. The second-order valence-corrected chi connectivity index (χ2v) is 7.51. The van der Waals surface area contributed by atoms with Crippen molar-refractivity contribution in [3.8, 4) is 17.1 Å². The number of carbonyl (C=O) groups is 1. The van der Waals surface area contributed by atoms with Gasteiger partial charge in [-0.1, -0.05) is 0 Å². The topological polar surface area (TPSA) is 108 Å². The van der Waals surface area contributed by atoms with Crippen LogP contribution in [0.25, 0.3) is 17.0 Å². The number of imidazole rings is 1. The van der Waals surface area contributed by atoms with Crippen molar-refractivity contribution in [3.63, 3.8) is 0 Å². The van der Waals surface area contributed by atoms with Crippen molar-refractivity contribution in [1.29, 1.82) is 0 Å². The molecule has 4 rings (SSSR count). The quantitative estimate of drug-likeness (QED) is 0.663. The summed E-state index contributed by atoms with van der Waals surface area (Å²) < 4.78 is 7.96. The van der Waals surface area contributed by atoms with E-state index in [0.717, 1.165) is 23.3 Å². The van der Waals surface area contributed by atoms with E-state index in [4.69, 9.17) is 10.5 Å². The fourth-order valence-corrected chi connectivity index (χ4v) is 3.44. The zero-order chi connectivity index (χ0) is 20.6. The second-order valence-electron chi connectivity index (χ2n) is 7.51. The van der Waals surface area contributed by atoms with E-state index in [2.05, 4.69) is 20.3 Å². The molecule has 0 saturated carbocycles. The van der Waals surface area contributed by atoms with Crippen molar-refractivity contribution in [2.45, 2.75) is 25.9 Å². The zero-order valence-electron chi connectivity index (χ0n) is 16.5. The van der Waals surface area contributed by atoms with Gasteiger partial charge in [0.25, 0.3) is 5.91 Å². The molecular weight excluding hydrogens is 368 g/mol. The number of nitrogens with one attached hydrogen (secondary N) is 1. The number of aryl methyl sites for hydroxylation is 1. The highest BCUT2D eigenvalue weighted by Gasteiger charge is 2.32. The van der Waals surface area contributed by atoms with E-state index in [1.807, 2.05) is 43.8 Å². The number of aromatic nitrogens is 4. The lowest BCUT2D eigenvalue weighted by molar-refractivity contribution is -0.111. The van der Waals surface area contributed by atoms with Crippen LogP contribution in [0.4, 0.5) is 5.69 Å². The van der Waals surface area contributed by atoms with Gasteiger partial charge in [0.15, 0.2) is 5.82 Å². The number of amides is 1. The van der Waals surface area contributed by atoms with Crippen LogP contribution >= 0.6 is 0 Å². The molecule has 1 aliphatic rings. The van der Waals surface area contributed by atoms with Crippen LogP contribution in [0.2, 0.25) is 0 Å². The Morgan fingerprint density at radius 1 is 1.24 bits per heavy atom. The van der Waals surface area contributed by atoms with Gasteiger partial charge in [-0.25, -0.2) is 15.0 Å². The van der Waals surface area contributed by atoms with E-state index in [0.29, 0.717) is 11.5 Å². The third kappa shape index (κ3) is 3.56. The number of carbonyl (C=O) groups excluding carboxylic acids is 1. The van der Waals surface area contributed by atoms with Crippen LogP contribution in [-0.2, 0) is 18.3 Å². The Hall–Kier alpha value is -3.68. The number of hydrogen-bond donors (Lipinski definition) is 2. The number of fused-ring (bicyclic) bond motifs is 1. The highest BCUT2D eigenvalue weighted by molar-refractivity contribution is 6.24. The van der Waals surface area contributed by atoms with Crippen LogP contribution in [0.15, 0.2) is 49.2 Å². The molecule has 0 saturated heterocycles. The Kier molecular flexibility index (Phi) is 4.54. The molecule has 1 aliphatic heterocycles. The molecule has 1 amide bonds. The van der Waals surface area contributed by atoms with Gasteiger partial charge in [-0.2, -0.15) is 0 Å². The Labute approximate surface area is 168 Å². The highest BCUT2D eigenvalue weighted by Crippen LogP contribution is 2.41. The van der Waals surface area contributed by atoms with Gasteiger partial charge in [-0.15, -0.1) is 0 Å². The number of ether oxygens (including phenoxy) is 1. The van der Waals surface area contributed by atoms with Gasteiger partial charge < -0.3 is 20.4 Å². The Balaban J connectivity index is 1.75. The molecule has 0 atom stereocenters. The van der Waals surface area contributed by atoms with Crippen molar-refractivity contribution in [3.05, 3.63) is 60.6 Å². The van der Waals surface area contributed by atoms with Gasteiger partial charge in [0.05, 0.1) is 11.3 Å². The minimum atomic E-state index is -0.396. The Bertz CT molecular complexity index is 1100. The molecular formula is C21H22N6O2. The summed E-state index contributed by atoms with van der Waals surface area (Å²) in [5.41, 5.74) is 8.00. The summed E-state index contributed by atoms with van der Waals surface area (Å²) in [6.07, 6.45) is 8.64. The van der Waals surface area contributed by atoms with Crippen LogP contribution < -0.4 is 15.8 Å². The molecule has 0 spiro atoms. The summed E-state index contributed by atoms with van der Waals surface area (Å²) >= 11 is 0. The molecule has 0 radical (unpaired) electrons. The summed E-state index contributed by atoms with van der Waals surface area (Å²) in [6, 6.07) is 5.54. The lowest BCUT2D eigenvalue weighted by atomic mass is 9.99. The molecule has 8 nitrogen and oxygen atoms in total. The third-order valence-electron chi connectivity index (χ3n) is 4.73. The van der Waals surface area contributed by atoms with Crippen LogP contribution in [0.1, 0.15) is 25.2 Å². The van der Waals surface area contributed by atoms with E-state index in [-0.39, 0.29) is 17.0 Å². The predicted molar refractivity (Wildman–Crippen MR) is 110 cm³/mol. The standard InChI is InChI=1S/C21H22N6O2/c1-21(2)11-13-9-16(14(10-17(13)29-21)19-25-7-8-27(19)3)26-20(28)15(12-22)18-23-5-4-6-24-18/h4-10,12H,11,22H2,1-3H3,(H,26,28)/b15-12+. The van der Waals surface area contributed by atoms with Gasteiger partial charge in [-0.05, 0) is 32.0 Å². The number of nitrogens with two attached hydrogens (primary N) is 1. The van der Waals surface area contributed by atoms with Crippen molar-refractivity contribution in [1.82, 2.24) is 19.5 Å². The zero-order valence-corrected chi connectivity index (χ0v) is 16.5. The first-order chi connectivity index (χ1) is 13.9. The number of nitrogens with zero attached hydrogens (tertiary/aromatic N) is 4. The smallest absolute Gasteiger partial charge is 0.260 e. The van der Waals surface area contributed by atoms with Crippen LogP contribution in [0.5, 0.6) is 5.75 Å². The van der Waals surface area contributed by atoms with Crippen molar-refractivity contribution in [2.24, 2.45) is 12.8 Å². The monoisotopic (exact) mass is 390 g/mol. The Morgan fingerprint density at radius 2 is 2.00 bits per heavy atom. The summed E-state index contributed by atoms with van der Waals surface area (Å²) in [4.78, 5) is 25.7. The molecule has 0 fully saturated rings. The average Bonchev–Trinajstić information content (AvgIpc) is 3.23. The van der Waals surface area contributed by atoms with Gasteiger partial charge in [0.2, 0.25) is 0 Å². The van der Waals surface area contributed by atoms with Gasteiger partial charge >= 0.3 is 0 Å². The van der Waals surface area contributed by atoms with E-state index in [1.54, 1.807) is 24.7 Å². The molecule has 0 bridgehead atoms. The summed E-state index contributed by atoms with van der Waals surface area (Å²) in [5.74, 6) is 1.38. The molecule has 1 aromatic carbocycles. The first-order valence-electron chi connectivity index (χ1n) is 9.22. The SMILES string of the molecule is Cn1ccnc1-c1cc2c(cc1NC(=O)/C(=C/N)c1ncccn1)CC(C)(C)O2. The van der Waals surface area contributed by atoms with Gasteiger partial charge in [0.1, 0.15) is 17.2 Å². The van der Waals surface area contributed by atoms with Crippen LogP contribution in [-0.4, -0.2) is 31.0 Å². The molecule has 0 aliphatic carbocycles. The second kappa shape index (κ2) is 7.05. The summed E-state index contributed by atoms with van der Waals surface area (Å²) in [5, 5.41) is 2.96. The third-order valence-corrected chi connectivity index (χ3v) is 4.73. The van der Waals surface area contributed by atoms with E-state index in [1.165, 1.54) is 6.20 Å². The van der Waals surface area contributed by atoms with Crippen molar-refractivity contribution < 1.29 is 9.53 Å². The summed E-state index contributed by atoms with van der Waals surface area (Å²) in [6.45, 7) is 4.07. The lowest BCUT2D eigenvalue weighted by Gasteiger charge is -2.17. The summed E-state index contributed by atoms with van der Waals surface area (Å²) in [7, 11) is 1.90.